The van der Waals surface area contributed by atoms with E-state index in [1.807, 2.05) is 44.2 Å². The summed E-state index contributed by atoms with van der Waals surface area (Å²) in [5.41, 5.74) is 4.59. The van der Waals surface area contributed by atoms with Crippen molar-refractivity contribution in [1.29, 1.82) is 0 Å². The molecule has 3 aromatic rings. The first-order valence-electron chi connectivity index (χ1n) is 10.0. The summed E-state index contributed by atoms with van der Waals surface area (Å²) in [6.07, 6.45) is 0.141. The van der Waals surface area contributed by atoms with E-state index in [0.717, 1.165) is 16.7 Å². The first kappa shape index (κ1) is 22.1. The van der Waals surface area contributed by atoms with Crippen molar-refractivity contribution in [2.45, 2.75) is 33.4 Å². The van der Waals surface area contributed by atoms with Crippen LogP contribution in [0.5, 0.6) is 11.5 Å². The van der Waals surface area contributed by atoms with Gasteiger partial charge in [0.05, 0.1) is 26.5 Å². The maximum absolute atomic E-state index is 12.3. The number of aromatic nitrogens is 2. The molecule has 0 radical (unpaired) electrons. The molecule has 162 valence electrons. The van der Waals surface area contributed by atoms with Crippen molar-refractivity contribution in [2.24, 2.45) is 0 Å². The zero-order valence-corrected chi connectivity index (χ0v) is 18.3. The number of nitrogens with one attached hydrogen (secondary N) is 1. The predicted molar refractivity (Wildman–Crippen MR) is 119 cm³/mol. The molecular weight excluding hydrogens is 394 g/mol. The molecular formula is C24H27N3O4. The van der Waals surface area contributed by atoms with E-state index in [2.05, 4.69) is 10.4 Å². The summed E-state index contributed by atoms with van der Waals surface area (Å²) in [4.78, 5) is 24.5. The molecule has 0 aliphatic heterocycles. The van der Waals surface area contributed by atoms with Gasteiger partial charge < -0.3 is 14.8 Å². The molecule has 3 rings (SSSR count). The highest BCUT2D eigenvalue weighted by molar-refractivity contribution is 5.75. The Morgan fingerprint density at radius 2 is 1.81 bits per heavy atom. The van der Waals surface area contributed by atoms with Crippen molar-refractivity contribution in [2.75, 3.05) is 14.2 Å². The van der Waals surface area contributed by atoms with Crippen LogP contribution in [0.1, 0.15) is 23.1 Å². The van der Waals surface area contributed by atoms with Gasteiger partial charge in [-0.2, -0.15) is 5.10 Å². The number of rotatable bonds is 8. The number of methoxy groups -OCH3 is 2. The molecule has 1 N–H and O–H groups in total. The number of hydrogen-bond acceptors (Lipinski definition) is 5. The Labute approximate surface area is 181 Å². The predicted octanol–water partition coefficient (Wildman–Crippen LogP) is 3.25. The maximum atomic E-state index is 12.3. The van der Waals surface area contributed by atoms with Crippen LogP contribution < -0.4 is 20.3 Å². The lowest BCUT2D eigenvalue weighted by Gasteiger charge is -2.12. The second kappa shape index (κ2) is 9.93. The van der Waals surface area contributed by atoms with E-state index >= 15 is 0 Å². The van der Waals surface area contributed by atoms with Crippen LogP contribution in [-0.4, -0.2) is 29.9 Å². The van der Waals surface area contributed by atoms with Gasteiger partial charge in [0.15, 0.2) is 0 Å². The molecule has 0 spiro atoms. The molecule has 0 aliphatic rings. The number of nitrogens with zero attached hydrogens (tertiary/aromatic N) is 2. The number of hydrogen-bond donors (Lipinski definition) is 1. The van der Waals surface area contributed by atoms with Gasteiger partial charge in [0.1, 0.15) is 11.5 Å². The lowest BCUT2D eigenvalue weighted by Crippen LogP contribution is -2.28. The third-order valence-electron chi connectivity index (χ3n) is 5.19. The van der Waals surface area contributed by atoms with Crippen LogP contribution in [0, 0.1) is 13.8 Å². The third-order valence-corrected chi connectivity index (χ3v) is 5.19. The molecule has 1 amide bonds. The Balaban J connectivity index is 1.64. The molecule has 31 heavy (non-hydrogen) atoms. The maximum Gasteiger partial charge on any atom is 0.266 e. The van der Waals surface area contributed by atoms with Crippen LogP contribution in [0.4, 0.5) is 0 Å². The van der Waals surface area contributed by atoms with Crippen molar-refractivity contribution in [1.82, 2.24) is 15.1 Å². The Bertz CT molecular complexity index is 1140. The molecule has 0 fully saturated rings. The van der Waals surface area contributed by atoms with Gasteiger partial charge in [-0.15, -0.1) is 0 Å². The second-order valence-corrected chi connectivity index (χ2v) is 7.28. The average molecular weight is 421 g/mol. The van der Waals surface area contributed by atoms with E-state index in [0.29, 0.717) is 23.7 Å². The Hall–Kier alpha value is -3.61. The quantitative estimate of drug-likeness (QED) is 0.604. The summed E-state index contributed by atoms with van der Waals surface area (Å²) in [6.45, 7) is 4.60. The number of amides is 1. The normalized spacial score (nSPS) is 10.6. The van der Waals surface area contributed by atoms with Gasteiger partial charge in [0.25, 0.3) is 5.56 Å². The molecule has 0 aliphatic carbocycles. The molecule has 2 aromatic carbocycles. The zero-order valence-electron chi connectivity index (χ0n) is 18.3. The smallest absolute Gasteiger partial charge is 0.266 e. The van der Waals surface area contributed by atoms with Crippen LogP contribution in [0.2, 0.25) is 0 Å². The molecule has 0 bridgehead atoms. The number of carbonyl (C=O) groups is 1. The minimum Gasteiger partial charge on any atom is -0.497 e. The molecule has 0 atom stereocenters. The van der Waals surface area contributed by atoms with E-state index in [1.165, 1.54) is 16.3 Å². The SMILES string of the molecule is COc1ccc(CNC(=O)CCn2nc(-c3ccc(C)c(C)c3)ccc2=O)c(OC)c1. The van der Waals surface area contributed by atoms with Gasteiger partial charge in [0, 0.05) is 36.2 Å². The van der Waals surface area contributed by atoms with Crippen LogP contribution in [0.3, 0.4) is 0 Å². The summed E-state index contributed by atoms with van der Waals surface area (Å²) in [7, 11) is 3.15. The summed E-state index contributed by atoms with van der Waals surface area (Å²) >= 11 is 0. The van der Waals surface area contributed by atoms with Gasteiger partial charge in [-0.05, 0) is 49.2 Å². The molecule has 7 heteroatoms. The average Bonchev–Trinajstić information content (AvgIpc) is 2.78. The third kappa shape index (κ3) is 5.51. The highest BCUT2D eigenvalue weighted by atomic mass is 16.5. The lowest BCUT2D eigenvalue weighted by atomic mass is 10.0. The van der Waals surface area contributed by atoms with E-state index in [9.17, 15) is 9.59 Å². The number of aryl methyl sites for hydroxylation is 3. The standard InChI is InChI=1S/C24H27N3O4/c1-16-5-6-18(13-17(16)2)21-9-10-24(29)27(26-21)12-11-23(28)25-15-19-7-8-20(30-3)14-22(19)31-4/h5-10,13-14H,11-12,15H2,1-4H3,(H,25,28). The van der Waals surface area contributed by atoms with Gasteiger partial charge >= 0.3 is 0 Å². The van der Waals surface area contributed by atoms with Gasteiger partial charge in [0.2, 0.25) is 5.91 Å². The molecule has 7 nitrogen and oxygen atoms in total. The fourth-order valence-corrected chi connectivity index (χ4v) is 3.15. The molecule has 0 saturated carbocycles. The van der Waals surface area contributed by atoms with E-state index in [1.54, 1.807) is 26.4 Å². The van der Waals surface area contributed by atoms with Crippen molar-refractivity contribution in [3.63, 3.8) is 0 Å². The van der Waals surface area contributed by atoms with Crippen LogP contribution in [0.15, 0.2) is 53.3 Å². The summed E-state index contributed by atoms with van der Waals surface area (Å²) in [6, 6.07) is 14.7. The first-order chi connectivity index (χ1) is 14.9. The summed E-state index contributed by atoms with van der Waals surface area (Å²) in [5.74, 6) is 1.14. The Morgan fingerprint density at radius 3 is 2.52 bits per heavy atom. The van der Waals surface area contributed by atoms with Crippen molar-refractivity contribution in [3.05, 3.63) is 75.6 Å². The van der Waals surface area contributed by atoms with Crippen molar-refractivity contribution in [3.8, 4) is 22.8 Å². The van der Waals surface area contributed by atoms with Crippen LogP contribution in [-0.2, 0) is 17.9 Å². The number of ether oxygens (including phenoxy) is 2. The van der Waals surface area contributed by atoms with E-state index in [-0.39, 0.29) is 24.4 Å². The van der Waals surface area contributed by atoms with E-state index in [4.69, 9.17) is 9.47 Å². The van der Waals surface area contributed by atoms with Gasteiger partial charge in [-0.25, -0.2) is 4.68 Å². The van der Waals surface area contributed by atoms with E-state index < -0.39 is 0 Å². The molecule has 0 unspecified atom stereocenters. The molecule has 0 saturated heterocycles. The topological polar surface area (TPSA) is 82.5 Å². The number of carbonyl (C=O) groups excluding carboxylic acids is 1. The minimum atomic E-state index is -0.239. The largest absolute Gasteiger partial charge is 0.497 e. The molecule has 1 aromatic heterocycles. The highest BCUT2D eigenvalue weighted by Gasteiger charge is 2.10. The molecule has 1 heterocycles. The second-order valence-electron chi connectivity index (χ2n) is 7.28. The van der Waals surface area contributed by atoms with Gasteiger partial charge in [-0.1, -0.05) is 12.1 Å². The fourth-order valence-electron chi connectivity index (χ4n) is 3.15. The number of benzene rings is 2. The van der Waals surface area contributed by atoms with Crippen molar-refractivity contribution >= 4 is 5.91 Å². The summed E-state index contributed by atoms with van der Waals surface area (Å²) < 4.78 is 11.9. The van der Waals surface area contributed by atoms with Crippen LogP contribution >= 0.6 is 0 Å². The van der Waals surface area contributed by atoms with Crippen LogP contribution in [0.25, 0.3) is 11.3 Å². The zero-order chi connectivity index (χ0) is 22.4. The highest BCUT2D eigenvalue weighted by Crippen LogP contribution is 2.24. The Kier molecular flexibility index (Phi) is 7.07. The van der Waals surface area contributed by atoms with Gasteiger partial charge in [-0.3, -0.25) is 9.59 Å². The first-order valence-corrected chi connectivity index (χ1v) is 10.0. The monoisotopic (exact) mass is 421 g/mol. The fraction of sp³-hybridized carbons (Fsp3) is 0.292. The van der Waals surface area contributed by atoms with Crippen molar-refractivity contribution < 1.29 is 14.3 Å². The minimum absolute atomic E-state index is 0.141. The Morgan fingerprint density at radius 1 is 1.00 bits per heavy atom. The lowest BCUT2D eigenvalue weighted by molar-refractivity contribution is -0.121. The summed E-state index contributed by atoms with van der Waals surface area (Å²) in [5, 5.41) is 7.30.